The molecular formula is C16H25N3O4. The summed E-state index contributed by atoms with van der Waals surface area (Å²) in [5, 5.41) is 5.53. The molecule has 7 nitrogen and oxygen atoms in total. The third-order valence-corrected chi connectivity index (χ3v) is 3.11. The lowest BCUT2D eigenvalue weighted by molar-refractivity contribution is -0.120. The second-order valence-corrected chi connectivity index (χ2v) is 5.55. The zero-order valence-electron chi connectivity index (χ0n) is 14.3. The maximum Gasteiger partial charge on any atom is 0.250 e. The van der Waals surface area contributed by atoms with Crippen LogP contribution in [0, 0.1) is 5.92 Å². The summed E-state index contributed by atoms with van der Waals surface area (Å²) in [5.41, 5.74) is 1.14. The molecule has 0 aliphatic rings. The molecule has 0 bridgehead atoms. The number of carbonyl (C=O) groups is 2. The average Bonchev–Trinajstić information content (AvgIpc) is 2.48. The highest BCUT2D eigenvalue weighted by Crippen LogP contribution is 2.28. The highest BCUT2D eigenvalue weighted by Gasteiger charge is 2.15. The fourth-order valence-electron chi connectivity index (χ4n) is 2.09. The fourth-order valence-corrected chi connectivity index (χ4v) is 2.09. The summed E-state index contributed by atoms with van der Waals surface area (Å²) in [6, 6.07) is 5.06. The van der Waals surface area contributed by atoms with Crippen LogP contribution in [0.25, 0.3) is 0 Å². The molecule has 1 atom stereocenters. The van der Waals surface area contributed by atoms with Crippen LogP contribution in [0.5, 0.6) is 5.75 Å². The van der Waals surface area contributed by atoms with Gasteiger partial charge in [0.05, 0.1) is 12.8 Å². The lowest BCUT2D eigenvalue weighted by Crippen LogP contribution is -2.29. The Labute approximate surface area is 136 Å². The highest BCUT2D eigenvalue weighted by molar-refractivity contribution is 5.95. The summed E-state index contributed by atoms with van der Waals surface area (Å²) >= 11 is 0. The van der Waals surface area contributed by atoms with Gasteiger partial charge >= 0.3 is 0 Å². The molecule has 0 aliphatic heterocycles. The number of hydrogen-bond donors (Lipinski definition) is 2. The Kier molecular flexibility index (Phi) is 7.50. The molecule has 1 aromatic rings. The molecule has 2 amide bonds. The third kappa shape index (κ3) is 6.25. The second-order valence-electron chi connectivity index (χ2n) is 5.55. The predicted octanol–water partition coefficient (Wildman–Crippen LogP) is 1.42. The molecule has 1 unspecified atom stereocenters. The predicted molar refractivity (Wildman–Crippen MR) is 89.8 cm³/mol. The number of amides is 2. The van der Waals surface area contributed by atoms with Crippen LogP contribution < -0.4 is 15.4 Å². The Bertz CT molecular complexity index is 546. The van der Waals surface area contributed by atoms with E-state index in [0.717, 1.165) is 0 Å². The van der Waals surface area contributed by atoms with Crippen molar-refractivity contribution in [3.05, 3.63) is 18.2 Å². The second kappa shape index (κ2) is 9.12. The van der Waals surface area contributed by atoms with E-state index < -0.39 is 0 Å². The minimum Gasteiger partial charge on any atom is -0.494 e. The van der Waals surface area contributed by atoms with Gasteiger partial charge in [-0.1, -0.05) is 6.92 Å². The van der Waals surface area contributed by atoms with Gasteiger partial charge in [0.1, 0.15) is 12.4 Å². The van der Waals surface area contributed by atoms with Crippen LogP contribution in [0.2, 0.25) is 0 Å². The maximum atomic E-state index is 12.1. The number of anilines is 2. The molecule has 0 saturated carbocycles. The first-order valence-corrected chi connectivity index (χ1v) is 7.29. The van der Waals surface area contributed by atoms with Gasteiger partial charge in [-0.05, 0) is 26.2 Å². The molecular weight excluding hydrogens is 298 g/mol. The molecule has 0 aliphatic carbocycles. The van der Waals surface area contributed by atoms with Crippen molar-refractivity contribution in [3.63, 3.8) is 0 Å². The Morgan fingerprint density at radius 1 is 1.22 bits per heavy atom. The van der Waals surface area contributed by atoms with E-state index in [1.807, 2.05) is 25.9 Å². The van der Waals surface area contributed by atoms with E-state index in [0.29, 0.717) is 23.7 Å². The molecule has 128 valence electrons. The van der Waals surface area contributed by atoms with Crippen molar-refractivity contribution >= 4 is 23.2 Å². The summed E-state index contributed by atoms with van der Waals surface area (Å²) < 4.78 is 10.0. The highest BCUT2D eigenvalue weighted by atomic mass is 16.5. The first-order valence-electron chi connectivity index (χ1n) is 7.29. The third-order valence-electron chi connectivity index (χ3n) is 3.11. The van der Waals surface area contributed by atoms with E-state index >= 15 is 0 Å². The van der Waals surface area contributed by atoms with Crippen molar-refractivity contribution in [2.75, 3.05) is 52.1 Å². The van der Waals surface area contributed by atoms with E-state index in [1.165, 1.54) is 14.2 Å². The number of ether oxygens (including phenoxy) is 2. The van der Waals surface area contributed by atoms with Crippen molar-refractivity contribution in [1.82, 2.24) is 4.90 Å². The van der Waals surface area contributed by atoms with Gasteiger partial charge in [-0.25, -0.2) is 0 Å². The molecule has 0 aromatic heterocycles. The monoisotopic (exact) mass is 323 g/mol. The lowest BCUT2D eigenvalue weighted by atomic mass is 10.1. The number of nitrogens with one attached hydrogen (secondary N) is 2. The van der Waals surface area contributed by atoms with Gasteiger partial charge in [-0.15, -0.1) is 0 Å². The van der Waals surface area contributed by atoms with Crippen molar-refractivity contribution in [2.45, 2.75) is 6.92 Å². The number of hydrogen-bond acceptors (Lipinski definition) is 5. The van der Waals surface area contributed by atoms with E-state index in [-0.39, 0.29) is 24.3 Å². The van der Waals surface area contributed by atoms with Gasteiger partial charge in [0.2, 0.25) is 11.8 Å². The Hall–Kier alpha value is -2.12. The smallest absolute Gasteiger partial charge is 0.250 e. The normalized spacial score (nSPS) is 11.9. The number of benzene rings is 1. The zero-order chi connectivity index (χ0) is 17.4. The molecule has 0 fully saturated rings. The van der Waals surface area contributed by atoms with Gasteiger partial charge in [0, 0.05) is 31.3 Å². The van der Waals surface area contributed by atoms with Crippen molar-refractivity contribution < 1.29 is 19.1 Å². The first kappa shape index (κ1) is 18.9. The maximum absolute atomic E-state index is 12.1. The van der Waals surface area contributed by atoms with Gasteiger partial charge in [-0.3, -0.25) is 9.59 Å². The lowest BCUT2D eigenvalue weighted by Gasteiger charge is -2.17. The van der Waals surface area contributed by atoms with Crippen molar-refractivity contribution in [3.8, 4) is 5.75 Å². The summed E-state index contributed by atoms with van der Waals surface area (Å²) in [7, 11) is 6.79. The van der Waals surface area contributed by atoms with Crippen molar-refractivity contribution in [1.29, 1.82) is 0 Å². The van der Waals surface area contributed by atoms with Crippen LogP contribution in [0.3, 0.4) is 0 Å². The van der Waals surface area contributed by atoms with E-state index in [1.54, 1.807) is 18.2 Å². The minimum atomic E-state index is -0.276. The fraction of sp³-hybridized carbons (Fsp3) is 0.500. The molecule has 0 spiro atoms. The first-order chi connectivity index (χ1) is 10.9. The number of rotatable bonds is 8. The summed E-state index contributed by atoms with van der Waals surface area (Å²) in [4.78, 5) is 25.7. The summed E-state index contributed by atoms with van der Waals surface area (Å²) in [6.07, 6.45) is 0. The average molecular weight is 323 g/mol. The molecule has 0 saturated heterocycles. The summed E-state index contributed by atoms with van der Waals surface area (Å²) in [5.74, 6) is -0.0243. The van der Waals surface area contributed by atoms with Gasteiger partial charge in [0.15, 0.2) is 0 Å². The zero-order valence-corrected chi connectivity index (χ0v) is 14.3. The van der Waals surface area contributed by atoms with Crippen LogP contribution in [0.15, 0.2) is 18.2 Å². The number of nitrogens with zero attached hydrogens (tertiary/aromatic N) is 1. The van der Waals surface area contributed by atoms with Gasteiger partial charge < -0.3 is 25.0 Å². The van der Waals surface area contributed by atoms with E-state index in [2.05, 4.69) is 10.6 Å². The quantitative estimate of drug-likeness (QED) is 0.756. The molecule has 7 heteroatoms. The van der Waals surface area contributed by atoms with Crippen LogP contribution in [-0.4, -0.2) is 58.2 Å². The molecule has 1 aromatic carbocycles. The molecule has 23 heavy (non-hydrogen) atoms. The van der Waals surface area contributed by atoms with E-state index in [4.69, 9.17) is 9.47 Å². The molecule has 0 radical (unpaired) electrons. The summed E-state index contributed by atoms with van der Waals surface area (Å²) in [6.45, 7) is 2.49. The Morgan fingerprint density at radius 2 is 1.91 bits per heavy atom. The number of carbonyl (C=O) groups excluding carboxylic acids is 2. The van der Waals surface area contributed by atoms with Crippen LogP contribution in [0.4, 0.5) is 11.4 Å². The van der Waals surface area contributed by atoms with Crippen LogP contribution in [-0.2, 0) is 14.3 Å². The standard InChI is InChI=1S/C16H25N3O4/c1-11(9-19(2)3)16(21)17-12-6-7-13(14(8-12)23-5)18-15(20)10-22-4/h6-8,11H,9-10H2,1-5H3,(H,17,21)(H,18,20). The van der Waals surface area contributed by atoms with Crippen LogP contribution in [0.1, 0.15) is 6.92 Å². The molecule has 2 N–H and O–H groups in total. The molecule has 1 rings (SSSR count). The van der Waals surface area contributed by atoms with E-state index in [9.17, 15) is 9.59 Å². The van der Waals surface area contributed by atoms with Gasteiger partial charge in [-0.2, -0.15) is 0 Å². The topological polar surface area (TPSA) is 79.9 Å². The van der Waals surface area contributed by atoms with Crippen molar-refractivity contribution in [2.24, 2.45) is 5.92 Å². The molecule has 0 heterocycles. The Morgan fingerprint density at radius 3 is 2.48 bits per heavy atom. The van der Waals surface area contributed by atoms with Crippen LogP contribution >= 0.6 is 0 Å². The SMILES string of the molecule is COCC(=O)Nc1ccc(NC(=O)C(C)CN(C)C)cc1OC. The largest absolute Gasteiger partial charge is 0.494 e. The number of methoxy groups -OCH3 is 2. The Balaban J connectivity index is 2.79. The van der Waals surface area contributed by atoms with Gasteiger partial charge in [0.25, 0.3) is 0 Å². The minimum absolute atomic E-state index is 0.0380.